The maximum absolute atomic E-state index is 10.7. The van der Waals surface area contributed by atoms with Gasteiger partial charge in [0.05, 0.1) is 18.3 Å². The van der Waals surface area contributed by atoms with Gasteiger partial charge in [0.25, 0.3) is 5.91 Å². The van der Waals surface area contributed by atoms with Gasteiger partial charge in [0, 0.05) is 13.1 Å². The predicted molar refractivity (Wildman–Crippen MR) is 47.4 cm³/mol. The van der Waals surface area contributed by atoms with E-state index in [2.05, 4.69) is 5.10 Å². The lowest BCUT2D eigenvalue weighted by molar-refractivity contribution is -0.141. The molecule has 0 aliphatic carbocycles. The molecule has 0 radical (unpaired) electrons. The van der Waals surface area contributed by atoms with Gasteiger partial charge >= 0.3 is 5.97 Å². The van der Waals surface area contributed by atoms with Crippen LogP contribution in [0.25, 0.3) is 0 Å². The summed E-state index contributed by atoms with van der Waals surface area (Å²) in [4.78, 5) is 21.1. The van der Waals surface area contributed by atoms with Crippen LogP contribution in [0.3, 0.4) is 0 Å². The first-order chi connectivity index (χ1) is 6.59. The van der Waals surface area contributed by atoms with E-state index in [0.29, 0.717) is 12.1 Å². The lowest BCUT2D eigenvalue weighted by Crippen LogP contribution is -2.11. The number of carbonyl (C=O) groups is 2. The second-order valence-corrected chi connectivity index (χ2v) is 2.70. The lowest BCUT2D eigenvalue weighted by Gasteiger charge is -2.00. The van der Waals surface area contributed by atoms with Gasteiger partial charge in [0.2, 0.25) is 0 Å². The van der Waals surface area contributed by atoms with E-state index >= 15 is 0 Å². The minimum absolute atomic E-state index is 0.231. The Hall–Kier alpha value is -1.85. The molecule has 1 heterocycles. The molecule has 0 aliphatic heterocycles. The average molecular weight is 197 g/mol. The maximum Gasteiger partial charge on any atom is 0.302 e. The molecule has 0 fully saturated rings. The summed E-state index contributed by atoms with van der Waals surface area (Å²) < 4.78 is 6.19. The molecule has 2 N–H and O–H groups in total. The van der Waals surface area contributed by atoms with Crippen molar-refractivity contribution in [2.24, 2.45) is 5.73 Å². The van der Waals surface area contributed by atoms with Gasteiger partial charge in [-0.3, -0.25) is 14.3 Å². The van der Waals surface area contributed by atoms with Crippen LogP contribution in [0, 0.1) is 0 Å². The smallest absolute Gasteiger partial charge is 0.302 e. The molecule has 1 aromatic heterocycles. The fraction of sp³-hybridized carbons (Fsp3) is 0.375. The van der Waals surface area contributed by atoms with Gasteiger partial charge in [-0.25, -0.2) is 0 Å². The number of nitrogens with two attached hydrogens (primary N) is 1. The van der Waals surface area contributed by atoms with Gasteiger partial charge < -0.3 is 10.5 Å². The zero-order chi connectivity index (χ0) is 10.6. The number of esters is 1. The summed E-state index contributed by atoms with van der Waals surface area (Å²) in [5.74, 6) is -0.865. The van der Waals surface area contributed by atoms with Crippen LogP contribution in [-0.4, -0.2) is 28.3 Å². The first-order valence-electron chi connectivity index (χ1n) is 4.05. The van der Waals surface area contributed by atoms with E-state index in [0.717, 1.165) is 0 Å². The first-order valence-corrected chi connectivity index (χ1v) is 4.05. The van der Waals surface area contributed by atoms with Crippen LogP contribution in [0.15, 0.2) is 12.4 Å². The Morgan fingerprint density at radius 3 is 2.86 bits per heavy atom. The molecule has 0 aromatic carbocycles. The average Bonchev–Trinajstić information content (AvgIpc) is 2.52. The van der Waals surface area contributed by atoms with Gasteiger partial charge in [-0.2, -0.15) is 5.10 Å². The van der Waals surface area contributed by atoms with Crippen molar-refractivity contribution in [3.05, 3.63) is 18.0 Å². The number of ether oxygens (including phenoxy) is 1. The SMILES string of the molecule is CC(=O)OCCn1cc(C(N)=O)cn1. The van der Waals surface area contributed by atoms with Crippen LogP contribution < -0.4 is 5.73 Å². The quantitative estimate of drug-likeness (QED) is 0.662. The van der Waals surface area contributed by atoms with Crippen LogP contribution in [0.2, 0.25) is 0 Å². The second kappa shape index (κ2) is 4.40. The molecular weight excluding hydrogens is 186 g/mol. The van der Waals surface area contributed by atoms with Crippen molar-refractivity contribution in [1.29, 1.82) is 0 Å². The van der Waals surface area contributed by atoms with Gasteiger partial charge in [-0.05, 0) is 0 Å². The van der Waals surface area contributed by atoms with Crippen molar-refractivity contribution in [2.75, 3.05) is 6.61 Å². The fourth-order valence-corrected chi connectivity index (χ4v) is 0.896. The number of carbonyl (C=O) groups excluding carboxylic acids is 2. The zero-order valence-electron chi connectivity index (χ0n) is 7.77. The van der Waals surface area contributed by atoms with Gasteiger partial charge in [0.1, 0.15) is 6.61 Å². The van der Waals surface area contributed by atoms with Crippen LogP contribution in [0.1, 0.15) is 17.3 Å². The zero-order valence-corrected chi connectivity index (χ0v) is 7.77. The van der Waals surface area contributed by atoms with E-state index < -0.39 is 5.91 Å². The topological polar surface area (TPSA) is 87.2 Å². The van der Waals surface area contributed by atoms with E-state index in [9.17, 15) is 9.59 Å². The number of hydrogen-bond acceptors (Lipinski definition) is 4. The Labute approximate surface area is 80.6 Å². The highest BCUT2D eigenvalue weighted by molar-refractivity contribution is 5.92. The summed E-state index contributed by atoms with van der Waals surface area (Å²) in [6.45, 7) is 1.97. The Morgan fingerprint density at radius 1 is 1.64 bits per heavy atom. The van der Waals surface area contributed by atoms with Gasteiger partial charge in [0.15, 0.2) is 0 Å². The Morgan fingerprint density at radius 2 is 2.36 bits per heavy atom. The number of nitrogens with zero attached hydrogens (tertiary/aromatic N) is 2. The first kappa shape index (κ1) is 10.2. The van der Waals surface area contributed by atoms with Crippen molar-refractivity contribution in [3.63, 3.8) is 0 Å². The van der Waals surface area contributed by atoms with Crippen LogP contribution in [-0.2, 0) is 16.1 Å². The summed E-state index contributed by atoms with van der Waals surface area (Å²) in [7, 11) is 0. The molecule has 1 rings (SSSR count). The molecule has 14 heavy (non-hydrogen) atoms. The molecule has 6 heteroatoms. The van der Waals surface area contributed by atoms with Crippen molar-refractivity contribution >= 4 is 11.9 Å². The molecule has 0 bridgehead atoms. The molecular formula is C8H11N3O3. The highest BCUT2D eigenvalue weighted by Gasteiger charge is 2.03. The van der Waals surface area contributed by atoms with E-state index in [-0.39, 0.29) is 12.6 Å². The largest absolute Gasteiger partial charge is 0.464 e. The van der Waals surface area contributed by atoms with Crippen molar-refractivity contribution < 1.29 is 14.3 Å². The summed E-state index contributed by atoms with van der Waals surface area (Å²) in [6, 6.07) is 0. The monoisotopic (exact) mass is 197 g/mol. The highest BCUT2D eigenvalue weighted by atomic mass is 16.5. The predicted octanol–water partition coefficient (Wildman–Crippen LogP) is -0.455. The third-order valence-corrected chi connectivity index (χ3v) is 1.54. The van der Waals surface area contributed by atoms with Crippen molar-refractivity contribution in [3.8, 4) is 0 Å². The molecule has 1 amide bonds. The molecule has 0 unspecified atom stereocenters. The third kappa shape index (κ3) is 2.89. The summed E-state index contributed by atoms with van der Waals surface area (Å²) >= 11 is 0. The fourth-order valence-electron chi connectivity index (χ4n) is 0.896. The second-order valence-electron chi connectivity index (χ2n) is 2.70. The molecule has 0 saturated heterocycles. The lowest BCUT2D eigenvalue weighted by atomic mass is 10.3. The van der Waals surface area contributed by atoms with Crippen LogP contribution in [0.5, 0.6) is 0 Å². The van der Waals surface area contributed by atoms with E-state index in [1.807, 2.05) is 0 Å². The third-order valence-electron chi connectivity index (χ3n) is 1.54. The molecule has 0 saturated carbocycles. The van der Waals surface area contributed by atoms with Gasteiger partial charge in [-0.1, -0.05) is 0 Å². The number of primary amides is 1. The summed E-state index contributed by atoms with van der Waals surface area (Å²) in [5, 5.41) is 3.86. The Bertz CT molecular complexity index is 345. The van der Waals surface area contributed by atoms with Crippen molar-refractivity contribution in [1.82, 2.24) is 9.78 Å². The standard InChI is InChI=1S/C8H11N3O3/c1-6(12)14-3-2-11-5-7(4-10-11)8(9)13/h4-5H,2-3H2,1H3,(H2,9,13). The summed E-state index contributed by atoms with van der Waals surface area (Å²) in [5.41, 5.74) is 5.37. The number of hydrogen-bond donors (Lipinski definition) is 1. The Kier molecular flexibility index (Phi) is 3.22. The number of rotatable bonds is 4. The van der Waals surface area contributed by atoms with Crippen LogP contribution >= 0.6 is 0 Å². The molecule has 6 nitrogen and oxygen atoms in total. The molecule has 0 atom stereocenters. The molecule has 1 aromatic rings. The van der Waals surface area contributed by atoms with Crippen molar-refractivity contribution in [2.45, 2.75) is 13.5 Å². The minimum Gasteiger partial charge on any atom is -0.464 e. The Balaban J connectivity index is 2.44. The summed E-state index contributed by atoms with van der Waals surface area (Å²) in [6.07, 6.45) is 2.88. The van der Waals surface area contributed by atoms with E-state index in [1.165, 1.54) is 24.0 Å². The molecule has 76 valence electrons. The van der Waals surface area contributed by atoms with Crippen LogP contribution in [0.4, 0.5) is 0 Å². The van der Waals surface area contributed by atoms with E-state index in [4.69, 9.17) is 10.5 Å². The molecule has 0 spiro atoms. The highest BCUT2D eigenvalue weighted by Crippen LogP contribution is 1.95. The normalized spacial score (nSPS) is 9.79. The van der Waals surface area contributed by atoms with Gasteiger partial charge in [-0.15, -0.1) is 0 Å². The maximum atomic E-state index is 10.7. The number of aromatic nitrogens is 2. The number of amides is 1. The van der Waals surface area contributed by atoms with E-state index in [1.54, 1.807) is 0 Å². The minimum atomic E-state index is -0.524. The molecule has 0 aliphatic rings.